The molecule has 0 unspecified atom stereocenters. The zero-order chi connectivity index (χ0) is 10.1. The van der Waals surface area contributed by atoms with Gasteiger partial charge in [-0.25, -0.2) is 4.98 Å². The highest BCUT2D eigenvalue weighted by atomic mass is 16.1. The molecule has 1 aromatic rings. The lowest BCUT2D eigenvalue weighted by molar-refractivity contribution is -0.118. The maximum Gasteiger partial charge on any atom is 0.217 e. The number of carbonyl (C=O) groups excluding carboxylic acids is 1. The van der Waals surface area contributed by atoms with Crippen molar-refractivity contribution in [3.05, 3.63) is 18.2 Å². The Morgan fingerprint density at radius 2 is 2.31 bits per heavy atom. The summed E-state index contributed by atoms with van der Waals surface area (Å²) in [4.78, 5) is 16.6. The molecule has 13 heavy (non-hydrogen) atoms. The summed E-state index contributed by atoms with van der Waals surface area (Å²) in [7, 11) is 0. The Bertz CT molecular complexity index is 219. The van der Waals surface area contributed by atoms with Gasteiger partial charge in [-0.05, 0) is 12.8 Å². The second-order valence-corrected chi connectivity index (χ2v) is 2.65. The van der Waals surface area contributed by atoms with Crippen LogP contribution < -0.4 is 5.73 Å². The molecule has 0 bridgehead atoms. The number of aromatic nitrogens is 2. The molecule has 1 heterocycles. The minimum Gasteiger partial charge on any atom is -0.370 e. The minimum atomic E-state index is -0.211. The van der Waals surface area contributed by atoms with E-state index in [4.69, 9.17) is 5.73 Å². The maximum atomic E-state index is 9.82. The summed E-state index contributed by atoms with van der Waals surface area (Å²) in [6, 6.07) is 0. The molecule has 4 heteroatoms. The first-order valence-electron chi connectivity index (χ1n) is 4.46. The monoisotopic (exact) mass is 183 g/mol. The van der Waals surface area contributed by atoms with E-state index in [1.54, 1.807) is 6.33 Å². The normalized spacial score (nSPS) is 8.77. The van der Waals surface area contributed by atoms with Gasteiger partial charge >= 0.3 is 0 Å². The van der Waals surface area contributed by atoms with Gasteiger partial charge in [0.15, 0.2) is 0 Å². The SMILES string of the molecule is CCCC(N)=O.CCc1cnc[nH]1. The van der Waals surface area contributed by atoms with Gasteiger partial charge in [0.05, 0.1) is 6.33 Å². The van der Waals surface area contributed by atoms with Crippen LogP contribution in [-0.2, 0) is 11.2 Å². The fourth-order valence-electron chi connectivity index (χ4n) is 0.724. The third kappa shape index (κ3) is 7.05. The van der Waals surface area contributed by atoms with Gasteiger partial charge in [-0.15, -0.1) is 0 Å². The zero-order valence-corrected chi connectivity index (χ0v) is 8.21. The molecule has 0 spiro atoms. The van der Waals surface area contributed by atoms with Gasteiger partial charge in [0, 0.05) is 18.3 Å². The number of hydrogen-bond donors (Lipinski definition) is 2. The average molecular weight is 183 g/mol. The predicted molar refractivity (Wildman–Crippen MR) is 52.1 cm³/mol. The quantitative estimate of drug-likeness (QED) is 0.740. The van der Waals surface area contributed by atoms with Crippen molar-refractivity contribution in [3.63, 3.8) is 0 Å². The number of nitrogens with zero attached hydrogens (tertiary/aromatic N) is 1. The van der Waals surface area contributed by atoms with E-state index in [1.807, 2.05) is 13.1 Å². The summed E-state index contributed by atoms with van der Waals surface area (Å²) in [5, 5.41) is 0. The maximum absolute atomic E-state index is 9.82. The Balaban J connectivity index is 0.000000226. The van der Waals surface area contributed by atoms with Gasteiger partial charge in [0.2, 0.25) is 5.91 Å². The smallest absolute Gasteiger partial charge is 0.217 e. The number of nitrogens with two attached hydrogens (primary N) is 1. The molecule has 0 saturated heterocycles. The van der Waals surface area contributed by atoms with E-state index in [9.17, 15) is 4.79 Å². The first kappa shape index (κ1) is 11.7. The highest BCUT2D eigenvalue weighted by Gasteiger charge is 1.84. The van der Waals surface area contributed by atoms with E-state index >= 15 is 0 Å². The fourth-order valence-corrected chi connectivity index (χ4v) is 0.724. The number of nitrogens with one attached hydrogen (secondary N) is 1. The molecule has 0 aliphatic heterocycles. The van der Waals surface area contributed by atoms with Crippen LogP contribution in [0.15, 0.2) is 12.5 Å². The first-order chi connectivity index (χ1) is 6.20. The Morgan fingerprint density at radius 3 is 2.46 bits per heavy atom. The van der Waals surface area contributed by atoms with Crippen molar-refractivity contribution in [3.8, 4) is 0 Å². The van der Waals surface area contributed by atoms with Crippen molar-refractivity contribution in [2.75, 3.05) is 0 Å². The fraction of sp³-hybridized carbons (Fsp3) is 0.556. The van der Waals surface area contributed by atoms with Crippen LogP contribution in [0, 0.1) is 0 Å². The molecule has 1 aromatic heterocycles. The standard InChI is InChI=1S/C5H8N2.C4H9NO/c1-2-5-3-6-4-7-5;1-2-3-4(5)6/h3-4H,2H2,1H3,(H,6,7);2-3H2,1H3,(H2,5,6). The highest BCUT2D eigenvalue weighted by molar-refractivity contribution is 5.73. The van der Waals surface area contributed by atoms with Crippen LogP contribution in [-0.4, -0.2) is 15.9 Å². The summed E-state index contributed by atoms with van der Waals surface area (Å²) in [5.74, 6) is -0.211. The lowest BCUT2D eigenvalue weighted by Crippen LogP contribution is -2.08. The van der Waals surface area contributed by atoms with E-state index in [0.717, 1.165) is 12.8 Å². The highest BCUT2D eigenvalue weighted by Crippen LogP contribution is 1.88. The Kier molecular flexibility index (Phi) is 6.59. The van der Waals surface area contributed by atoms with Crippen molar-refractivity contribution in [2.24, 2.45) is 5.73 Å². The number of imidazole rings is 1. The molecule has 0 fully saturated rings. The van der Waals surface area contributed by atoms with Crippen LogP contribution in [0.2, 0.25) is 0 Å². The van der Waals surface area contributed by atoms with Gasteiger partial charge in [0.25, 0.3) is 0 Å². The second-order valence-electron chi connectivity index (χ2n) is 2.65. The van der Waals surface area contributed by atoms with E-state index in [1.165, 1.54) is 5.69 Å². The van der Waals surface area contributed by atoms with Crippen LogP contribution in [0.4, 0.5) is 0 Å². The molecule has 0 radical (unpaired) electrons. The van der Waals surface area contributed by atoms with Crippen molar-refractivity contribution in [2.45, 2.75) is 33.1 Å². The van der Waals surface area contributed by atoms with Crippen LogP contribution in [0.25, 0.3) is 0 Å². The first-order valence-corrected chi connectivity index (χ1v) is 4.46. The number of primary amides is 1. The molecular formula is C9H17N3O. The second kappa shape index (κ2) is 7.34. The Morgan fingerprint density at radius 1 is 1.62 bits per heavy atom. The molecule has 74 valence electrons. The number of carbonyl (C=O) groups is 1. The topological polar surface area (TPSA) is 71.8 Å². The van der Waals surface area contributed by atoms with Gasteiger partial charge < -0.3 is 10.7 Å². The predicted octanol–water partition coefficient (Wildman–Crippen LogP) is 1.24. The zero-order valence-electron chi connectivity index (χ0n) is 8.21. The van der Waals surface area contributed by atoms with E-state index in [2.05, 4.69) is 16.9 Å². The average Bonchev–Trinajstić information content (AvgIpc) is 2.56. The molecule has 0 atom stereocenters. The summed E-state index contributed by atoms with van der Waals surface area (Å²) in [6.45, 7) is 4.01. The van der Waals surface area contributed by atoms with Gasteiger partial charge in [-0.1, -0.05) is 13.8 Å². The van der Waals surface area contributed by atoms with Gasteiger partial charge in [-0.2, -0.15) is 0 Å². The lowest BCUT2D eigenvalue weighted by atomic mass is 10.3. The molecule has 4 nitrogen and oxygen atoms in total. The molecule has 0 aromatic carbocycles. The minimum absolute atomic E-state index is 0.211. The molecular weight excluding hydrogens is 166 g/mol. The number of aryl methyl sites for hydroxylation is 1. The van der Waals surface area contributed by atoms with Crippen LogP contribution in [0.5, 0.6) is 0 Å². The molecule has 0 aliphatic carbocycles. The Labute approximate surface area is 78.6 Å². The molecule has 0 aliphatic rings. The Hall–Kier alpha value is -1.32. The summed E-state index contributed by atoms with van der Waals surface area (Å²) in [6.07, 6.45) is 5.94. The third-order valence-corrected chi connectivity index (χ3v) is 1.43. The van der Waals surface area contributed by atoms with Crippen LogP contribution >= 0.6 is 0 Å². The van der Waals surface area contributed by atoms with Crippen molar-refractivity contribution >= 4 is 5.91 Å². The largest absolute Gasteiger partial charge is 0.370 e. The summed E-state index contributed by atoms with van der Waals surface area (Å²) < 4.78 is 0. The summed E-state index contributed by atoms with van der Waals surface area (Å²) in [5.41, 5.74) is 5.96. The summed E-state index contributed by atoms with van der Waals surface area (Å²) >= 11 is 0. The van der Waals surface area contributed by atoms with E-state index in [-0.39, 0.29) is 5.91 Å². The van der Waals surface area contributed by atoms with Crippen molar-refractivity contribution in [1.82, 2.24) is 9.97 Å². The molecule has 3 N–H and O–H groups in total. The molecule has 0 saturated carbocycles. The van der Waals surface area contributed by atoms with Crippen molar-refractivity contribution in [1.29, 1.82) is 0 Å². The molecule has 1 amide bonds. The number of amides is 1. The lowest BCUT2D eigenvalue weighted by Gasteiger charge is -1.81. The van der Waals surface area contributed by atoms with Gasteiger partial charge in [0.1, 0.15) is 0 Å². The van der Waals surface area contributed by atoms with Crippen LogP contribution in [0.1, 0.15) is 32.4 Å². The number of H-pyrrole nitrogens is 1. The van der Waals surface area contributed by atoms with Crippen molar-refractivity contribution < 1.29 is 4.79 Å². The van der Waals surface area contributed by atoms with E-state index in [0.29, 0.717) is 6.42 Å². The number of aromatic amines is 1. The van der Waals surface area contributed by atoms with Gasteiger partial charge in [-0.3, -0.25) is 4.79 Å². The van der Waals surface area contributed by atoms with E-state index < -0.39 is 0 Å². The third-order valence-electron chi connectivity index (χ3n) is 1.43. The molecule has 1 rings (SSSR count). The van der Waals surface area contributed by atoms with Crippen LogP contribution in [0.3, 0.4) is 0 Å². The number of rotatable bonds is 3. The number of hydrogen-bond acceptors (Lipinski definition) is 2.